The number of fused-ring (bicyclic) bond motifs is 3. The van der Waals surface area contributed by atoms with Crippen molar-refractivity contribution >= 4 is 34.7 Å². The van der Waals surface area contributed by atoms with Gasteiger partial charge in [0.1, 0.15) is 23.8 Å². The molecule has 9 rings (SSSR count). The SMILES string of the molecule is CCC(CN1CCC(N2CCN3c4cc(-c5ccccc5O)nnc4NC[C@H]3C2)CC1)Oc1cc(C(C(=O)N2C[C@H](O)C[C@H]2C(=O)N[C@@H](C)c2ccc(-c3scnc3C)cc2)C(C)C)on1. The van der Waals surface area contributed by atoms with Crippen molar-refractivity contribution in [2.24, 2.45) is 5.92 Å². The van der Waals surface area contributed by atoms with Crippen molar-refractivity contribution in [3.05, 3.63) is 83.2 Å². The highest BCUT2D eigenvalue weighted by Gasteiger charge is 2.44. The van der Waals surface area contributed by atoms with Gasteiger partial charge in [-0.05, 0) is 86.6 Å². The number of likely N-dealkylation sites (tertiary alicyclic amines) is 2. The summed E-state index contributed by atoms with van der Waals surface area (Å²) >= 11 is 1.60. The number of anilines is 2. The van der Waals surface area contributed by atoms with E-state index in [4.69, 9.17) is 9.26 Å². The molecule has 7 heterocycles. The molecule has 2 aromatic carbocycles. The van der Waals surface area contributed by atoms with Crippen LogP contribution in [0, 0.1) is 12.8 Å². The van der Waals surface area contributed by atoms with Gasteiger partial charge in [-0.15, -0.1) is 21.5 Å². The number of aromatic hydroxyl groups is 1. The molecule has 17 heteroatoms. The fourth-order valence-electron chi connectivity index (χ4n) is 10.2. The number of phenolic OH excluding ortho intramolecular Hbond substituents is 1. The third-order valence-electron chi connectivity index (χ3n) is 13.9. The van der Waals surface area contributed by atoms with Crippen LogP contribution in [-0.4, -0.2) is 140 Å². The fraction of sp³-hybridized carbons (Fsp3) is 0.510. The molecule has 350 valence electrons. The summed E-state index contributed by atoms with van der Waals surface area (Å²) < 4.78 is 12.3. The smallest absolute Gasteiger partial charge is 0.254 e. The van der Waals surface area contributed by atoms with Gasteiger partial charge in [-0.25, -0.2) is 4.98 Å². The number of piperidine rings is 1. The summed E-state index contributed by atoms with van der Waals surface area (Å²) in [6.45, 7) is 16.3. The van der Waals surface area contributed by atoms with E-state index >= 15 is 0 Å². The maximum absolute atomic E-state index is 14.3. The van der Waals surface area contributed by atoms with Crippen LogP contribution in [0.4, 0.5) is 11.5 Å². The number of piperazine rings is 1. The zero-order chi connectivity index (χ0) is 46.1. The number of nitrogens with zero attached hydrogens (tertiary/aromatic N) is 8. The van der Waals surface area contributed by atoms with E-state index in [2.05, 4.69) is 52.6 Å². The molecule has 6 atom stereocenters. The number of aliphatic hydroxyl groups is 1. The molecule has 0 bridgehead atoms. The Morgan fingerprint density at radius 1 is 1.00 bits per heavy atom. The Morgan fingerprint density at radius 2 is 1.79 bits per heavy atom. The summed E-state index contributed by atoms with van der Waals surface area (Å²) in [5, 5.41) is 41.0. The van der Waals surface area contributed by atoms with Gasteiger partial charge in [-0.2, -0.15) is 0 Å². The summed E-state index contributed by atoms with van der Waals surface area (Å²) in [4.78, 5) is 42.7. The van der Waals surface area contributed by atoms with Gasteiger partial charge in [0.2, 0.25) is 11.8 Å². The monoisotopic (exact) mass is 918 g/mol. The number of nitrogens with one attached hydrogen (secondary N) is 2. The minimum Gasteiger partial charge on any atom is -0.507 e. The van der Waals surface area contributed by atoms with E-state index in [1.54, 1.807) is 23.5 Å². The number of aryl methyl sites for hydroxylation is 1. The molecule has 0 radical (unpaired) electrons. The lowest BCUT2D eigenvalue weighted by atomic mass is 9.91. The van der Waals surface area contributed by atoms with Gasteiger partial charge in [-0.1, -0.05) is 57.2 Å². The summed E-state index contributed by atoms with van der Waals surface area (Å²) in [7, 11) is 0. The lowest BCUT2D eigenvalue weighted by Crippen LogP contribution is -2.61. The predicted octanol–water partition coefficient (Wildman–Crippen LogP) is 6.09. The Labute approximate surface area is 390 Å². The number of carbonyl (C=O) groups excluding carboxylic acids is 2. The highest BCUT2D eigenvalue weighted by Crippen LogP contribution is 2.38. The summed E-state index contributed by atoms with van der Waals surface area (Å²) in [5.41, 5.74) is 7.21. The number of aromatic nitrogens is 4. The molecule has 0 saturated carbocycles. The van der Waals surface area contributed by atoms with Crippen LogP contribution in [-0.2, 0) is 9.59 Å². The maximum atomic E-state index is 14.3. The molecule has 4 aliphatic rings. The van der Waals surface area contributed by atoms with Gasteiger partial charge >= 0.3 is 0 Å². The molecule has 3 saturated heterocycles. The molecule has 16 nitrogen and oxygen atoms in total. The normalized spacial score (nSPS) is 21.8. The third-order valence-corrected chi connectivity index (χ3v) is 14.9. The molecule has 66 heavy (non-hydrogen) atoms. The van der Waals surface area contributed by atoms with Gasteiger partial charge < -0.3 is 39.9 Å². The molecule has 4 aliphatic heterocycles. The Bertz CT molecular complexity index is 2470. The van der Waals surface area contributed by atoms with Crippen LogP contribution in [0.5, 0.6) is 11.6 Å². The summed E-state index contributed by atoms with van der Waals surface area (Å²) in [6, 6.07) is 18.8. The minimum absolute atomic E-state index is 0.0599. The molecule has 2 amide bonds. The molecular weight excluding hydrogens is 857 g/mol. The number of β-amino-alcohol motifs (C(OH)–C–C–N with tert-alkyl or cyclic N) is 1. The van der Waals surface area contributed by atoms with Crippen molar-refractivity contribution in [1.82, 2.24) is 40.4 Å². The molecule has 3 aromatic heterocycles. The first kappa shape index (κ1) is 45.5. The van der Waals surface area contributed by atoms with Crippen LogP contribution in [0.25, 0.3) is 21.7 Å². The fourth-order valence-corrected chi connectivity index (χ4v) is 11.0. The average molecular weight is 919 g/mol. The van der Waals surface area contributed by atoms with Crippen molar-refractivity contribution < 1.29 is 29.1 Å². The number of benzene rings is 2. The Hall–Kier alpha value is -5.62. The number of rotatable bonds is 14. The zero-order valence-electron chi connectivity index (χ0n) is 38.5. The lowest BCUT2D eigenvalue weighted by molar-refractivity contribution is -0.141. The topological polar surface area (TPSA) is 186 Å². The second kappa shape index (κ2) is 19.7. The van der Waals surface area contributed by atoms with Crippen LogP contribution in [0.15, 0.2) is 70.7 Å². The van der Waals surface area contributed by atoms with E-state index in [9.17, 15) is 19.8 Å². The van der Waals surface area contributed by atoms with Gasteiger partial charge in [0.25, 0.3) is 5.88 Å². The van der Waals surface area contributed by atoms with E-state index in [0.717, 1.165) is 98.3 Å². The highest BCUT2D eigenvalue weighted by atomic mass is 32.1. The number of hydrogen-bond donors (Lipinski definition) is 4. The Kier molecular flexibility index (Phi) is 13.6. The van der Waals surface area contributed by atoms with Crippen molar-refractivity contribution in [1.29, 1.82) is 0 Å². The molecule has 0 aliphatic carbocycles. The average Bonchev–Trinajstić information content (AvgIpc) is 4.08. The molecular formula is C49H62N10O6S. The number of ether oxygens (including phenoxy) is 1. The lowest BCUT2D eigenvalue weighted by Gasteiger charge is -2.49. The predicted molar refractivity (Wildman–Crippen MR) is 254 cm³/mol. The van der Waals surface area contributed by atoms with E-state index < -0.39 is 18.1 Å². The first-order chi connectivity index (χ1) is 31.9. The van der Waals surface area contributed by atoms with Crippen molar-refractivity contribution in [3.8, 4) is 33.3 Å². The van der Waals surface area contributed by atoms with Gasteiger partial charge in [0.05, 0.1) is 45.7 Å². The number of para-hydroxylation sites is 1. The zero-order valence-corrected chi connectivity index (χ0v) is 39.3. The number of phenols is 1. The van der Waals surface area contributed by atoms with Gasteiger partial charge in [0.15, 0.2) is 11.6 Å². The second-order valence-corrected chi connectivity index (χ2v) is 19.5. The molecule has 3 fully saturated rings. The van der Waals surface area contributed by atoms with Crippen LogP contribution < -0.4 is 20.3 Å². The standard InChI is InChI=1S/C49H62N10O6S/c1-6-37(27-56-17-15-34(16-18-56)57-19-20-58-35(25-57)24-50-47-40(58)22-39(53-54-47)38-9-7-8-10-42(38)61)64-44-23-43(65-55-44)45(29(2)3)49(63)59-26-36(60)21-41(59)48(62)52-30(4)32-11-13-33(14-12-32)46-31(5)51-28-66-46/h7-14,22-23,28-30,34-37,41,45,60-61H,6,15-21,24-27H2,1-5H3,(H,50,54)(H,52,62)/t30-,35-,36+,37?,41-,45?/m0/s1. The van der Waals surface area contributed by atoms with E-state index in [1.807, 2.05) is 81.7 Å². The van der Waals surface area contributed by atoms with Crippen molar-refractivity contribution in [2.45, 2.75) is 103 Å². The summed E-state index contributed by atoms with van der Waals surface area (Å²) in [6.07, 6.45) is 2.15. The van der Waals surface area contributed by atoms with Crippen LogP contribution in [0.3, 0.4) is 0 Å². The van der Waals surface area contributed by atoms with E-state index in [0.29, 0.717) is 35.0 Å². The Balaban J connectivity index is 0.767. The van der Waals surface area contributed by atoms with Crippen molar-refractivity contribution in [3.63, 3.8) is 0 Å². The number of amides is 2. The van der Waals surface area contributed by atoms with Gasteiger partial charge in [0, 0.05) is 63.4 Å². The Morgan fingerprint density at radius 3 is 2.52 bits per heavy atom. The second-order valence-electron chi connectivity index (χ2n) is 18.7. The highest BCUT2D eigenvalue weighted by molar-refractivity contribution is 7.13. The first-order valence-corrected chi connectivity index (χ1v) is 24.4. The quantitative estimate of drug-likeness (QED) is 0.100. The largest absolute Gasteiger partial charge is 0.507 e. The van der Waals surface area contributed by atoms with Crippen LogP contribution >= 0.6 is 11.3 Å². The van der Waals surface area contributed by atoms with Gasteiger partial charge in [-0.3, -0.25) is 19.4 Å². The molecule has 4 N–H and O–H groups in total. The van der Waals surface area contributed by atoms with Crippen molar-refractivity contribution in [2.75, 3.05) is 62.6 Å². The number of hydrogen-bond acceptors (Lipinski definition) is 15. The van der Waals surface area contributed by atoms with Crippen LogP contribution in [0.1, 0.15) is 82.4 Å². The molecule has 5 aromatic rings. The number of carbonyl (C=O) groups is 2. The maximum Gasteiger partial charge on any atom is 0.254 e. The van der Waals surface area contributed by atoms with E-state index in [-0.39, 0.29) is 48.6 Å². The minimum atomic E-state index is -0.824. The molecule has 0 spiro atoms. The number of thiazole rings is 1. The summed E-state index contributed by atoms with van der Waals surface area (Å²) in [5.74, 6) is 0.229. The van der Waals surface area contributed by atoms with E-state index in [1.165, 1.54) is 4.90 Å². The third kappa shape index (κ3) is 9.62. The molecule has 2 unspecified atom stereocenters. The first-order valence-electron chi connectivity index (χ1n) is 23.5. The van der Waals surface area contributed by atoms with Crippen LogP contribution in [0.2, 0.25) is 0 Å². The number of aliphatic hydroxyl groups excluding tert-OH is 1.